The molecule has 9 heteroatoms. The van der Waals surface area contributed by atoms with Gasteiger partial charge in [0.2, 0.25) is 0 Å². The number of fused-ring (bicyclic) bond motifs is 1. The van der Waals surface area contributed by atoms with Gasteiger partial charge >= 0.3 is 0 Å². The summed E-state index contributed by atoms with van der Waals surface area (Å²) in [5.74, 6) is 1.14. The minimum atomic E-state index is -0.136. The molecule has 3 heterocycles. The summed E-state index contributed by atoms with van der Waals surface area (Å²) < 4.78 is 12.5. The number of benzene rings is 1. The van der Waals surface area contributed by atoms with E-state index in [4.69, 9.17) is 15.2 Å². The number of amides is 1. The molecular weight excluding hydrogens is 420 g/mol. The molecule has 2 aromatic heterocycles. The van der Waals surface area contributed by atoms with Gasteiger partial charge in [0.05, 0.1) is 31.2 Å². The van der Waals surface area contributed by atoms with Crippen molar-refractivity contribution < 1.29 is 14.3 Å². The number of nitrogens with zero attached hydrogens (tertiary/aromatic N) is 4. The smallest absolute Gasteiger partial charge is 0.252 e. The molecular formula is C24H32N6O3. The molecule has 0 spiro atoms. The van der Waals surface area contributed by atoms with Gasteiger partial charge in [-0.15, -0.1) is 0 Å². The molecule has 0 aliphatic carbocycles. The van der Waals surface area contributed by atoms with Gasteiger partial charge in [-0.25, -0.2) is 4.98 Å². The number of nitrogen functional groups attached to an aromatic ring is 1. The molecule has 33 heavy (non-hydrogen) atoms. The lowest BCUT2D eigenvalue weighted by atomic mass is 10.1. The molecule has 0 bridgehead atoms. The number of methoxy groups -OCH3 is 2. The summed E-state index contributed by atoms with van der Waals surface area (Å²) in [4.78, 5) is 22.1. The summed E-state index contributed by atoms with van der Waals surface area (Å²) in [5, 5.41) is 3.01. The second-order valence-electron chi connectivity index (χ2n) is 8.37. The number of hydrogen-bond donors (Lipinski definition) is 2. The average molecular weight is 453 g/mol. The number of carbonyl (C=O) groups excluding carboxylic acids is 1. The van der Waals surface area contributed by atoms with E-state index in [1.54, 1.807) is 30.9 Å². The van der Waals surface area contributed by atoms with Gasteiger partial charge in [0.25, 0.3) is 5.91 Å². The van der Waals surface area contributed by atoms with E-state index in [0.717, 1.165) is 50.4 Å². The third kappa shape index (κ3) is 5.20. The molecule has 1 aliphatic rings. The largest absolute Gasteiger partial charge is 0.493 e. The third-order valence-electron chi connectivity index (χ3n) is 6.05. The molecule has 0 unspecified atom stereocenters. The lowest BCUT2D eigenvalue weighted by molar-refractivity contribution is 0.0949. The summed E-state index contributed by atoms with van der Waals surface area (Å²) in [6.07, 6.45) is 4.54. The van der Waals surface area contributed by atoms with Crippen LogP contribution in [0.4, 0.5) is 5.69 Å². The average Bonchev–Trinajstić information content (AvgIpc) is 3.27. The van der Waals surface area contributed by atoms with Crippen LogP contribution in [-0.4, -0.2) is 85.6 Å². The van der Waals surface area contributed by atoms with Gasteiger partial charge in [-0.1, -0.05) is 0 Å². The van der Waals surface area contributed by atoms with Crippen LogP contribution in [0.15, 0.2) is 36.7 Å². The molecule has 1 fully saturated rings. The van der Waals surface area contributed by atoms with E-state index in [9.17, 15) is 4.79 Å². The minimum absolute atomic E-state index is 0.136. The first-order valence-corrected chi connectivity index (χ1v) is 11.2. The molecule has 0 atom stereocenters. The first-order chi connectivity index (χ1) is 16.0. The van der Waals surface area contributed by atoms with Crippen molar-refractivity contribution in [1.29, 1.82) is 0 Å². The van der Waals surface area contributed by atoms with Gasteiger partial charge in [-0.3, -0.25) is 4.79 Å². The lowest BCUT2D eigenvalue weighted by Gasteiger charge is -2.32. The molecule has 3 N–H and O–H groups in total. The van der Waals surface area contributed by atoms with Crippen molar-refractivity contribution in [3.63, 3.8) is 0 Å². The zero-order valence-electron chi connectivity index (χ0n) is 19.5. The number of rotatable bonds is 8. The lowest BCUT2D eigenvalue weighted by Crippen LogP contribution is -2.45. The Hall–Kier alpha value is -3.30. The number of nitrogens with two attached hydrogens (primary N) is 1. The van der Waals surface area contributed by atoms with Crippen LogP contribution in [0.2, 0.25) is 0 Å². The molecule has 1 aliphatic heterocycles. The topological polar surface area (TPSA) is 97.4 Å². The van der Waals surface area contributed by atoms with Crippen molar-refractivity contribution in [2.75, 3.05) is 66.3 Å². The number of nitrogens with one attached hydrogen (secondary N) is 1. The highest BCUT2D eigenvalue weighted by Gasteiger charge is 2.15. The number of imidazole rings is 1. The molecule has 9 nitrogen and oxygen atoms in total. The van der Waals surface area contributed by atoms with Gasteiger partial charge in [-0.05, 0) is 44.3 Å². The Balaban J connectivity index is 1.42. The van der Waals surface area contributed by atoms with E-state index in [0.29, 0.717) is 34.9 Å². The number of hydrogen-bond acceptors (Lipinski definition) is 7. The molecule has 0 radical (unpaired) electrons. The van der Waals surface area contributed by atoms with Crippen molar-refractivity contribution in [3.05, 3.63) is 42.2 Å². The van der Waals surface area contributed by atoms with Crippen LogP contribution in [-0.2, 0) is 0 Å². The quantitative estimate of drug-likeness (QED) is 0.504. The third-order valence-corrected chi connectivity index (χ3v) is 6.05. The van der Waals surface area contributed by atoms with Gasteiger partial charge in [-0.2, -0.15) is 0 Å². The fourth-order valence-corrected chi connectivity index (χ4v) is 4.06. The first kappa shape index (κ1) is 22.9. The Bertz CT molecular complexity index is 1120. The van der Waals surface area contributed by atoms with Gasteiger partial charge in [0, 0.05) is 50.7 Å². The Kier molecular flexibility index (Phi) is 7.00. The fourth-order valence-electron chi connectivity index (χ4n) is 4.06. The van der Waals surface area contributed by atoms with Crippen LogP contribution in [0.1, 0.15) is 16.8 Å². The minimum Gasteiger partial charge on any atom is -0.493 e. The number of ether oxygens (including phenoxy) is 2. The molecule has 0 saturated carbocycles. The van der Waals surface area contributed by atoms with Gasteiger partial charge < -0.3 is 34.7 Å². The molecule has 176 valence electrons. The van der Waals surface area contributed by atoms with E-state index < -0.39 is 0 Å². The first-order valence-electron chi connectivity index (χ1n) is 11.2. The molecule has 1 saturated heterocycles. The Morgan fingerprint density at radius 1 is 1.09 bits per heavy atom. The standard InChI is InChI=1S/C24H32N6O3/c1-28-9-11-29(12-10-28)8-4-7-26-24(31)18-13-19(25)23-27-20(16-30(23)15-18)17-5-6-21(32-2)22(14-17)33-3/h5-6,13-16H,4,7-12,25H2,1-3H3,(H,26,31). The van der Waals surface area contributed by atoms with Crippen LogP contribution in [0, 0.1) is 0 Å². The highest BCUT2D eigenvalue weighted by molar-refractivity contribution is 5.95. The Morgan fingerprint density at radius 3 is 2.58 bits per heavy atom. The molecule has 3 aromatic rings. The van der Waals surface area contributed by atoms with Crippen LogP contribution in [0.25, 0.3) is 16.9 Å². The van der Waals surface area contributed by atoms with Crippen molar-refractivity contribution >= 4 is 17.2 Å². The predicted octanol–water partition coefficient (Wildman–Crippen LogP) is 1.97. The SMILES string of the molecule is COc1ccc(-c2cn3cc(C(=O)NCCCN4CCN(C)CC4)cc(N)c3n2)cc1OC. The Morgan fingerprint density at radius 2 is 1.85 bits per heavy atom. The predicted molar refractivity (Wildman–Crippen MR) is 129 cm³/mol. The van der Waals surface area contributed by atoms with E-state index in [1.165, 1.54) is 0 Å². The second-order valence-corrected chi connectivity index (χ2v) is 8.37. The van der Waals surface area contributed by atoms with Crippen molar-refractivity contribution in [2.24, 2.45) is 0 Å². The van der Waals surface area contributed by atoms with Crippen LogP contribution in [0.5, 0.6) is 11.5 Å². The Labute approximate surface area is 194 Å². The maximum atomic E-state index is 12.7. The van der Waals surface area contributed by atoms with Crippen molar-refractivity contribution in [3.8, 4) is 22.8 Å². The number of aromatic nitrogens is 2. The van der Waals surface area contributed by atoms with E-state index >= 15 is 0 Å². The summed E-state index contributed by atoms with van der Waals surface area (Å²) >= 11 is 0. The highest BCUT2D eigenvalue weighted by Crippen LogP contribution is 2.32. The summed E-state index contributed by atoms with van der Waals surface area (Å²) in [6.45, 7) is 5.99. The molecule has 4 rings (SSSR count). The zero-order valence-corrected chi connectivity index (χ0v) is 19.5. The number of anilines is 1. The number of carbonyl (C=O) groups is 1. The maximum Gasteiger partial charge on any atom is 0.252 e. The number of piperazine rings is 1. The van der Waals surface area contributed by atoms with Crippen molar-refractivity contribution in [2.45, 2.75) is 6.42 Å². The van der Waals surface area contributed by atoms with Crippen LogP contribution < -0.4 is 20.5 Å². The van der Waals surface area contributed by atoms with Gasteiger partial charge in [0.1, 0.15) is 0 Å². The maximum absolute atomic E-state index is 12.7. The number of pyridine rings is 1. The summed E-state index contributed by atoms with van der Waals surface area (Å²) in [7, 11) is 5.35. The second kappa shape index (κ2) is 10.1. The number of likely N-dealkylation sites (N-methyl/N-ethyl adjacent to an activating group) is 1. The van der Waals surface area contributed by atoms with Crippen molar-refractivity contribution in [1.82, 2.24) is 24.5 Å². The highest BCUT2D eigenvalue weighted by atomic mass is 16.5. The summed E-state index contributed by atoms with van der Waals surface area (Å²) in [6, 6.07) is 7.29. The summed E-state index contributed by atoms with van der Waals surface area (Å²) in [5.41, 5.74) is 9.39. The zero-order chi connectivity index (χ0) is 23.4. The molecule has 1 aromatic carbocycles. The van der Waals surface area contributed by atoms with E-state index in [2.05, 4.69) is 27.1 Å². The monoisotopic (exact) mass is 452 g/mol. The van der Waals surface area contributed by atoms with E-state index in [1.807, 2.05) is 24.4 Å². The van der Waals surface area contributed by atoms with Crippen LogP contribution in [0.3, 0.4) is 0 Å². The van der Waals surface area contributed by atoms with E-state index in [-0.39, 0.29) is 5.91 Å². The van der Waals surface area contributed by atoms with Crippen LogP contribution >= 0.6 is 0 Å². The molecule has 1 amide bonds. The normalized spacial score (nSPS) is 15.0. The fraction of sp³-hybridized carbons (Fsp3) is 0.417. The van der Waals surface area contributed by atoms with Gasteiger partial charge in [0.15, 0.2) is 17.1 Å².